The molecule has 5 nitrogen and oxygen atoms in total. The Labute approximate surface area is 206 Å². The van der Waals surface area contributed by atoms with E-state index < -0.39 is 6.04 Å². The number of halogens is 4. The molecule has 168 valence electrons. The predicted molar refractivity (Wildman–Crippen MR) is 129 cm³/mol. The van der Waals surface area contributed by atoms with Gasteiger partial charge in [0.25, 0.3) is 5.91 Å². The molecule has 2 aromatic rings. The maximum Gasteiger partial charge on any atom is 0.261 e. The third kappa shape index (κ3) is 7.56. The lowest BCUT2D eigenvalue weighted by molar-refractivity contribution is -0.142. The molecular formula is C22H24BrCl3N2O3. The smallest absolute Gasteiger partial charge is 0.261 e. The first kappa shape index (κ1) is 25.8. The number of nitrogens with one attached hydrogen (secondary N) is 1. The summed E-state index contributed by atoms with van der Waals surface area (Å²) in [6.45, 7) is 5.51. The van der Waals surface area contributed by atoms with E-state index in [0.29, 0.717) is 25.3 Å². The molecule has 2 aromatic carbocycles. The fourth-order valence-electron chi connectivity index (χ4n) is 2.70. The Kier molecular flexibility index (Phi) is 9.94. The zero-order chi connectivity index (χ0) is 23.1. The lowest BCUT2D eigenvalue weighted by atomic mass is 10.1. The Bertz CT molecular complexity index is 942. The fourth-order valence-corrected chi connectivity index (χ4v) is 3.82. The fraction of sp³-hybridized carbons (Fsp3) is 0.364. The van der Waals surface area contributed by atoms with Gasteiger partial charge >= 0.3 is 0 Å². The van der Waals surface area contributed by atoms with Gasteiger partial charge in [0, 0.05) is 17.6 Å². The van der Waals surface area contributed by atoms with Gasteiger partial charge in [0.1, 0.15) is 11.8 Å². The van der Waals surface area contributed by atoms with Crippen LogP contribution in [0, 0.1) is 0 Å². The van der Waals surface area contributed by atoms with E-state index in [1.165, 1.54) is 4.90 Å². The quantitative estimate of drug-likeness (QED) is 0.409. The third-order valence-corrected chi connectivity index (χ3v) is 6.34. The Morgan fingerprint density at radius 1 is 1.10 bits per heavy atom. The van der Waals surface area contributed by atoms with Crippen molar-refractivity contribution in [3.63, 3.8) is 0 Å². The van der Waals surface area contributed by atoms with Crippen molar-refractivity contribution in [3.05, 3.63) is 61.5 Å². The van der Waals surface area contributed by atoms with Gasteiger partial charge in [-0.05, 0) is 72.1 Å². The van der Waals surface area contributed by atoms with Gasteiger partial charge < -0.3 is 15.0 Å². The van der Waals surface area contributed by atoms with Gasteiger partial charge in [-0.15, -0.1) is 0 Å². The van der Waals surface area contributed by atoms with Crippen LogP contribution in [0.25, 0.3) is 0 Å². The Balaban J connectivity index is 2.20. The molecule has 0 heterocycles. The van der Waals surface area contributed by atoms with Crippen LogP contribution in [0.2, 0.25) is 15.1 Å². The largest absolute Gasteiger partial charge is 0.483 e. The van der Waals surface area contributed by atoms with Crippen molar-refractivity contribution in [1.82, 2.24) is 10.2 Å². The van der Waals surface area contributed by atoms with Gasteiger partial charge in [-0.1, -0.05) is 47.8 Å². The molecule has 0 radical (unpaired) electrons. The highest BCUT2D eigenvalue weighted by atomic mass is 79.9. The van der Waals surface area contributed by atoms with E-state index in [0.717, 1.165) is 12.0 Å². The summed E-state index contributed by atoms with van der Waals surface area (Å²) in [7, 11) is 0. The maximum atomic E-state index is 13.1. The van der Waals surface area contributed by atoms with Gasteiger partial charge in [-0.25, -0.2) is 0 Å². The monoisotopic (exact) mass is 548 g/mol. The van der Waals surface area contributed by atoms with Crippen LogP contribution in [0.15, 0.2) is 40.9 Å². The highest BCUT2D eigenvalue weighted by molar-refractivity contribution is 9.10. The highest BCUT2D eigenvalue weighted by Gasteiger charge is 2.27. The Hall–Kier alpha value is -1.47. The molecular weight excluding hydrogens is 527 g/mol. The number of benzene rings is 2. The van der Waals surface area contributed by atoms with Crippen molar-refractivity contribution < 1.29 is 14.3 Å². The van der Waals surface area contributed by atoms with E-state index in [2.05, 4.69) is 21.2 Å². The summed E-state index contributed by atoms with van der Waals surface area (Å²) in [6, 6.07) is 9.41. The molecule has 0 aliphatic heterocycles. The molecule has 1 N–H and O–H groups in total. The zero-order valence-corrected chi connectivity index (χ0v) is 21.3. The molecule has 0 aliphatic carbocycles. The first-order chi connectivity index (χ1) is 14.6. The number of hydrogen-bond donors (Lipinski definition) is 1. The van der Waals surface area contributed by atoms with Crippen LogP contribution in [0.1, 0.15) is 32.8 Å². The molecule has 0 unspecified atom stereocenters. The minimum Gasteiger partial charge on any atom is -0.483 e. The second-order valence-electron chi connectivity index (χ2n) is 7.13. The summed E-state index contributed by atoms with van der Waals surface area (Å²) in [4.78, 5) is 27.3. The molecule has 0 saturated heterocycles. The van der Waals surface area contributed by atoms with Gasteiger partial charge in [-0.3, -0.25) is 9.59 Å². The van der Waals surface area contributed by atoms with E-state index in [1.54, 1.807) is 43.3 Å². The third-order valence-electron chi connectivity index (χ3n) is 4.75. The predicted octanol–water partition coefficient (Wildman–Crippen LogP) is 6.12. The van der Waals surface area contributed by atoms with Crippen molar-refractivity contribution in [2.45, 2.75) is 45.8 Å². The van der Waals surface area contributed by atoms with Crippen LogP contribution >= 0.6 is 50.7 Å². The molecule has 0 fully saturated rings. The highest BCUT2D eigenvalue weighted by Crippen LogP contribution is 2.28. The van der Waals surface area contributed by atoms with E-state index in [9.17, 15) is 9.59 Å². The molecule has 0 spiro atoms. The van der Waals surface area contributed by atoms with Crippen LogP contribution in [-0.2, 0) is 16.1 Å². The average Bonchev–Trinajstić information content (AvgIpc) is 2.72. The molecule has 31 heavy (non-hydrogen) atoms. The molecule has 0 aliphatic rings. The number of ether oxygens (including phenoxy) is 1. The molecule has 0 saturated carbocycles. The molecule has 0 bridgehead atoms. The minimum absolute atomic E-state index is 0.00171. The Morgan fingerprint density at radius 2 is 1.81 bits per heavy atom. The molecule has 0 aromatic heterocycles. The van der Waals surface area contributed by atoms with Crippen molar-refractivity contribution >= 4 is 62.5 Å². The molecule has 2 rings (SSSR count). The average molecular weight is 551 g/mol. The number of amides is 2. The number of nitrogens with zero attached hydrogens (tertiary/aromatic N) is 1. The van der Waals surface area contributed by atoms with Crippen molar-refractivity contribution in [2.75, 3.05) is 6.61 Å². The van der Waals surface area contributed by atoms with E-state index in [-0.39, 0.29) is 31.0 Å². The van der Waals surface area contributed by atoms with Gasteiger partial charge in [0.15, 0.2) is 6.61 Å². The summed E-state index contributed by atoms with van der Waals surface area (Å²) in [5.41, 5.74) is 0.749. The van der Waals surface area contributed by atoms with Gasteiger partial charge in [-0.2, -0.15) is 0 Å². The molecule has 9 heteroatoms. The van der Waals surface area contributed by atoms with E-state index >= 15 is 0 Å². The second kappa shape index (κ2) is 12.0. The first-order valence-electron chi connectivity index (χ1n) is 9.74. The normalized spacial score (nSPS) is 12.7. The SMILES string of the molecule is CC[C@@H](C)NC(=O)[C@H](C)N(Cc1ccc(Cl)c(Cl)c1)C(=O)COc1ccc(Cl)cc1Br. The lowest BCUT2D eigenvalue weighted by Crippen LogP contribution is -2.50. The van der Waals surface area contributed by atoms with Gasteiger partial charge in [0.05, 0.1) is 14.5 Å². The zero-order valence-electron chi connectivity index (χ0n) is 17.4. The molecule has 2 amide bonds. The van der Waals surface area contributed by atoms with Crippen molar-refractivity contribution in [1.29, 1.82) is 0 Å². The summed E-state index contributed by atoms with van der Waals surface area (Å²) < 4.78 is 6.30. The summed E-state index contributed by atoms with van der Waals surface area (Å²) in [5, 5.41) is 4.26. The number of carbonyl (C=O) groups excluding carboxylic acids is 2. The molecule has 2 atom stereocenters. The van der Waals surface area contributed by atoms with Crippen molar-refractivity contribution in [3.8, 4) is 5.75 Å². The summed E-state index contributed by atoms with van der Waals surface area (Å²) in [6.07, 6.45) is 0.785. The van der Waals surface area contributed by atoms with Crippen LogP contribution in [-0.4, -0.2) is 35.4 Å². The van der Waals surface area contributed by atoms with Crippen LogP contribution in [0.5, 0.6) is 5.75 Å². The lowest BCUT2D eigenvalue weighted by Gasteiger charge is -2.29. The first-order valence-corrected chi connectivity index (χ1v) is 11.7. The van der Waals surface area contributed by atoms with Crippen LogP contribution in [0.3, 0.4) is 0 Å². The topological polar surface area (TPSA) is 58.6 Å². The van der Waals surface area contributed by atoms with Gasteiger partial charge in [0.2, 0.25) is 5.91 Å². The Morgan fingerprint density at radius 3 is 2.42 bits per heavy atom. The number of rotatable bonds is 9. The number of hydrogen-bond acceptors (Lipinski definition) is 3. The van der Waals surface area contributed by atoms with Crippen LogP contribution in [0.4, 0.5) is 0 Å². The maximum absolute atomic E-state index is 13.1. The standard InChI is InChI=1S/C22H24BrCl3N2O3/c1-4-13(2)27-22(30)14(3)28(11-15-5-7-18(25)19(26)9-15)21(29)12-31-20-8-6-16(24)10-17(20)23/h5-10,13-14H,4,11-12H2,1-3H3,(H,27,30)/t13-,14+/m1/s1. The summed E-state index contributed by atoms with van der Waals surface area (Å²) >= 11 is 21.4. The summed E-state index contributed by atoms with van der Waals surface area (Å²) in [5.74, 6) is -0.112. The second-order valence-corrected chi connectivity index (χ2v) is 9.23. The number of carbonyl (C=O) groups is 2. The van der Waals surface area contributed by atoms with E-state index in [1.807, 2.05) is 13.8 Å². The minimum atomic E-state index is -0.715. The van der Waals surface area contributed by atoms with E-state index in [4.69, 9.17) is 39.5 Å². The van der Waals surface area contributed by atoms with Crippen molar-refractivity contribution in [2.24, 2.45) is 0 Å². The van der Waals surface area contributed by atoms with Crippen LogP contribution < -0.4 is 10.1 Å².